The Morgan fingerprint density at radius 3 is 2.45 bits per heavy atom. The van der Waals surface area contributed by atoms with Gasteiger partial charge < -0.3 is 15.1 Å². The Balaban J connectivity index is 1.58. The van der Waals surface area contributed by atoms with Gasteiger partial charge in [0.25, 0.3) is 5.91 Å². The zero-order valence-corrected chi connectivity index (χ0v) is 16.6. The Kier molecular flexibility index (Phi) is 6.78. The van der Waals surface area contributed by atoms with Crippen molar-refractivity contribution in [2.75, 3.05) is 10.6 Å². The van der Waals surface area contributed by atoms with Crippen molar-refractivity contribution in [2.24, 2.45) is 0 Å². The highest BCUT2D eigenvalue weighted by Crippen LogP contribution is 2.19. The number of benzene rings is 2. The van der Waals surface area contributed by atoms with Gasteiger partial charge in [-0.3, -0.25) is 14.9 Å². The molecule has 6 nitrogen and oxygen atoms in total. The summed E-state index contributed by atoms with van der Waals surface area (Å²) >= 11 is 11.2. The van der Waals surface area contributed by atoms with Crippen LogP contribution in [0, 0.1) is 0 Å². The number of amides is 2. The summed E-state index contributed by atoms with van der Waals surface area (Å²) < 4.78 is 5.11. The van der Waals surface area contributed by atoms with Gasteiger partial charge in [-0.1, -0.05) is 29.8 Å². The minimum atomic E-state index is -0.401. The van der Waals surface area contributed by atoms with Crippen LogP contribution in [0.5, 0.6) is 0 Å². The lowest BCUT2D eigenvalue weighted by atomic mass is 10.2. The molecular formula is C21H16ClN3O3S. The minimum Gasteiger partial charge on any atom is -0.465 e. The van der Waals surface area contributed by atoms with Crippen LogP contribution in [-0.2, 0) is 4.79 Å². The van der Waals surface area contributed by atoms with E-state index in [0.717, 1.165) is 0 Å². The maximum Gasteiger partial charge on any atom is 0.257 e. The molecule has 0 bridgehead atoms. The Bertz CT molecular complexity index is 1060. The average molecular weight is 426 g/mol. The van der Waals surface area contributed by atoms with E-state index in [1.165, 1.54) is 18.4 Å². The predicted octanol–water partition coefficient (Wildman–Crippen LogP) is 4.71. The highest BCUT2D eigenvalue weighted by molar-refractivity contribution is 7.80. The first-order valence-electron chi connectivity index (χ1n) is 8.51. The van der Waals surface area contributed by atoms with Gasteiger partial charge in [0.2, 0.25) is 5.91 Å². The fourth-order valence-electron chi connectivity index (χ4n) is 2.38. The molecule has 0 spiro atoms. The number of nitrogens with one attached hydrogen (secondary N) is 3. The van der Waals surface area contributed by atoms with Crippen LogP contribution in [0.4, 0.5) is 11.4 Å². The molecule has 2 aromatic carbocycles. The van der Waals surface area contributed by atoms with Crippen LogP contribution in [0.3, 0.4) is 0 Å². The molecule has 8 heteroatoms. The molecule has 1 heterocycles. The molecule has 0 aliphatic rings. The quantitative estimate of drug-likeness (QED) is 0.407. The van der Waals surface area contributed by atoms with Crippen molar-refractivity contribution >= 4 is 58.2 Å². The summed E-state index contributed by atoms with van der Waals surface area (Å²) in [5, 5.41) is 8.69. The third-order valence-electron chi connectivity index (χ3n) is 3.68. The third kappa shape index (κ3) is 6.03. The van der Waals surface area contributed by atoms with Crippen LogP contribution >= 0.6 is 23.8 Å². The molecule has 0 radical (unpaired) electrons. The molecule has 29 heavy (non-hydrogen) atoms. The molecule has 3 rings (SSSR count). The molecule has 146 valence electrons. The topological polar surface area (TPSA) is 83.4 Å². The van der Waals surface area contributed by atoms with Crippen LogP contribution < -0.4 is 16.0 Å². The van der Waals surface area contributed by atoms with E-state index in [1.807, 2.05) is 0 Å². The fraction of sp³-hybridized carbons (Fsp3) is 0. The lowest BCUT2D eigenvalue weighted by molar-refractivity contribution is -0.115. The molecule has 0 saturated heterocycles. The van der Waals surface area contributed by atoms with Gasteiger partial charge in [-0.2, -0.15) is 0 Å². The highest BCUT2D eigenvalue weighted by Gasteiger charge is 2.10. The van der Waals surface area contributed by atoms with E-state index in [9.17, 15) is 9.59 Å². The molecule has 3 aromatic rings. The lowest BCUT2D eigenvalue weighted by Crippen LogP contribution is -2.32. The standard InChI is InChI=1S/C21H16ClN3O3S/c22-18-9-2-1-8-17(18)20(27)23-14-5-3-6-15(13-14)24-21(29)25-19(26)11-10-16-7-4-12-28-16/h1-13H,(H,23,27)(H2,24,25,26,29). The van der Waals surface area contributed by atoms with Crippen LogP contribution in [0.1, 0.15) is 16.1 Å². The molecule has 0 saturated carbocycles. The molecule has 3 N–H and O–H groups in total. The number of carbonyl (C=O) groups is 2. The van der Waals surface area contributed by atoms with E-state index >= 15 is 0 Å². The molecule has 0 aliphatic heterocycles. The minimum absolute atomic E-state index is 0.119. The van der Waals surface area contributed by atoms with Gasteiger partial charge in [-0.05, 0) is 60.8 Å². The number of carbonyl (C=O) groups excluding carboxylic acids is 2. The van der Waals surface area contributed by atoms with Crippen LogP contribution in [-0.4, -0.2) is 16.9 Å². The Labute approximate surface area is 177 Å². The average Bonchev–Trinajstić information content (AvgIpc) is 3.20. The summed E-state index contributed by atoms with van der Waals surface area (Å²) in [6.07, 6.45) is 4.36. The van der Waals surface area contributed by atoms with Gasteiger partial charge in [0, 0.05) is 17.5 Å². The maximum atomic E-state index is 12.4. The second-order valence-electron chi connectivity index (χ2n) is 5.81. The van der Waals surface area contributed by atoms with E-state index in [4.69, 9.17) is 28.2 Å². The van der Waals surface area contributed by atoms with Gasteiger partial charge in [-0.15, -0.1) is 0 Å². The first-order valence-corrected chi connectivity index (χ1v) is 9.29. The number of furan rings is 1. The Morgan fingerprint density at radius 2 is 1.72 bits per heavy atom. The largest absolute Gasteiger partial charge is 0.465 e. The summed E-state index contributed by atoms with van der Waals surface area (Å²) in [4.78, 5) is 24.3. The SMILES string of the molecule is O=C(C=Cc1ccco1)NC(=S)Nc1cccc(NC(=O)c2ccccc2Cl)c1. The summed E-state index contributed by atoms with van der Waals surface area (Å²) in [5.41, 5.74) is 1.52. The second kappa shape index (κ2) is 9.68. The number of hydrogen-bond donors (Lipinski definition) is 3. The van der Waals surface area contributed by atoms with Crippen LogP contribution in [0.2, 0.25) is 5.02 Å². The van der Waals surface area contributed by atoms with Gasteiger partial charge in [0.05, 0.1) is 16.8 Å². The van der Waals surface area contributed by atoms with Crippen molar-refractivity contribution in [1.82, 2.24) is 5.32 Å². The van der Waals surface area contributed by atoms with Gasteiger partial charge in [0.1, 0.15) is 5.76 Å². The van der Waals surface area contributed by atoms with Crippen LogP contribution in [0.15, 0.2) is 77.4 Å². The Morgan fingerprint density at radius 1 is 0.966 bits per heavy atom. The molecule has 1 aromatic heterocycles. The van der Waals surface area contributed by atoms with E-state index in [1.54, 1.807) is 60.7 Å². The fourth-order valence-corrected chi connectivity index (χ4v) is 2.82. The van der Waals surface area contributed by atoms with Crippen molar-refractivity contribution in [3.63, 3.8) is 0 Å². The zero-order valence-electron chi connectivity index (χ0n) is 15.0. The first kappa shape index (κ1) is 20.3. The van der Waals surface area contributed by atoms with Crippen molar-refractivity contribution in [3.05, 3.63) is 89.3 Å². The number of anilines is 2. The molecule has 0 atom stereocenters. The number of rotatable bonds is 5. The van der Waals surface area contributed by atoms with Crippen molar-refractivity contribution in [1.29, 1.82) is 0 Å². The van der Waals surface area contributed by atoms with Gasteiger partial charge >= 0.3 is 0 Å². The summed E-state index contributed by atoms with van der Waals surface area (Å²) in [5.74, 6) is -0.172. The number of hydrogen-bond acceptors (Lipinski definition) is 4. The van der Waals surface area contributed by atoms with Gasteiger partial charge in [0.15, 0.2) is 5.11 Å². The number of thiocarbonyl (C=S) groups is 1. The van der Waals surface area contributed by atoms with E-state index in [-0.39, 0.29) is 11.0 Å². The summed E-state index contributed by atoms with van der Waals surface area (Å²) in [7, 11) is 0. The van der Waals surface area contributed by atoms with Gasteiger partial charge in [-0.25, -0.2) is 0 Å². The van der Waals surface area contributed by atoms with Crippen molar-refractivity contribution in [2.45, 2.75) is 0 Å². The maximum absolute atomic E-state index is 12.4. The monoisotopic (exact) mass is 425 g/mol. The Hall–Kier alpha value is -3.42. The lowest BCUT2D eigenvalue weighted by Gasteiger charge is -2.11. The number of halogens is 1. The third-order valence-corrected chi connectivity index (χ3v) is 4.21. The summed E-state index contributed by atoms with van der Waals surface area (Å²) in [6, 6.07) is 17.1. The van der Waals surface area contributed by atoms with Crippen LogP contribution in [0.25, 0.3) is 6.08 Å². The molecule has 0 fully saturated rings. The van der Waals surface area contributed by atoms with E-state index < -0.39 is 5.91 Å². The smallest absolute Gasteiger partial charge is 0.257 e. The summed E-state index contributed by atoms with van der Waals surface area (Å²) in [6.45, 7) is 0. The zero-order chi connectivity index (χ0) is 20.6. The highest BCUT2D eigenvalue weighted by atomic mass is 35.5. The predicted molar refractivity (Wildman–Crippen MR) is 118 cm³/mol. The van der Waals surface area contributed by atoms with E-state index in [2.05, 4.69) is 16.0 Å². The van der Waals surface area contributed by atoms with Crippen molar-refractivity contribution < 1.29 is 14.0 Å². The normalized spacial score (nSPS) is 10.5. The van der Waals surface area contributed by atoms with Crippen molar-refractivity contribution in [3.8, 4) is 0 Å². The molecule has 0 aliphatic carbocycles. The first-order chi connectivity index (χ1) is 14.0. The van der Waals surface area contributed by atoms with E-state index in [0.29, 0.717) is 27.7 Å². The second-order valence-corrected chi connectivity index (χ2v) is 6.62. The molecule has 0 unspecified atom stereocenters. The molecule has 2 amide bonds. The molecular weight excluding hydrogens is 410 g/mol.